The largest absolute Gasteiger partial charge is 0.299 e. The first-order valence-corrected chi connectivity index (χ1v) is 5.11. The van der Waals surface area contributed by atoms with Crippen molar-refractivity contribution < 1.29 is 4.79 Å². The normalized spacial score (nSPS) is 10.7. The van der Waals surface area contributed by atoms with Gasteiger partial charge in [-0.2, -0.15) is 0 Å². The minimum Gasteiger partial charge on any atom is -0.299 e. The molecule has 0 heterocycles. The van der Waals surface area contributed by atoms with E-state index < -0.39 is 5.41 Å². The lowest BCUT2D eigenvalue weighted by molar-refractivity contribution is -0.123. The fourth-order valence-electron chi connectivity index (χ4n) is 1.51. The molecular weight excluding hydrogens is 184 g/mol. The summed E-state index contributed by atoms with van der Waals surface area (Å²) in [6.07, 6.45) is 6.14. The second-order valence-corrected chi connectivity index (χ2v) is 4.12. The summed E-state index contributed by atoms with van der Waals surface area (Å²) in [6, 6.07) is 9.81. The number of ketones is 1. The smallest absolute Gasteiger partial charge is 0.143 e. The van der Waals surface area contributed by atoms with Gasteiger partial charge in [0.25, 0.3) is 0 Å². The van der Waals surface area contributed by atoms with Gasteiger partial charge in [-0.3, -0.25) is 4.79 Å². The number of Topliss-reactive ketones (excluding diaryl/α,β-unsaturated/α-hetero) is 1. The zero-order valence-electron chi connectivity index (χ0n) is 9.29. The van der Waals surface area contributed by atoms with E-state index in [1.807, 2.05) is 44.2 Å². The summed E-state index contributed by atoms with van der Waals surface area (Å²) >= 11 is 0. The van der Waals surface area contributed by atoms with Crippen LogP contribution in [0.4, 0.5) is 0 Å². The van der Waals surface area contributed by atoms with Gasteiger partial charge in [0.1, 0.15) is 5.78 Å². The van der Waals surface area contributed by atoms with Crippen LogP contribution in [0.3, 0.4) is 0 Å². The maximum Gasteiger partial charge on any atom is 0.143 e. The number of terminal acetylenes is 1. The molecule has 0 saturated carbocycles. The molecule has 0 aliphatic heterocycles. The Hall–Kier alpha value is -1.55. The lowest BCUT2D eigenvalue weighted by Gasteiger charge is -2.23. The standard InChI is InChI=1S/C14H16O/c1-4-5-11-13(15)14(2,3)12-9-7-6-8-10-12/h1,6-10H,5,11H2,2-3H3. The number of carbonyl (C=O) groups excluding carboxylic acids is 1. The van der Waals surface area contributed by atoms with Crippen molar-refractivity contribution in [3.05, 3.63) is 35.9 Å². The lowest BCUT2D eigenvalue weighted by Crippen LogP contribution is -2.28. The Morgan fingerprint density at radius 1 is 1.33 bits per heavy atom. The number of benzene rings is 1. The molecule has 1 rings (SSSR count). The Kier molecular flexibility index (Phi) is 3.68. The molecule has 0 saturated heterocycles. The van der Waals surface area contributed by atoms with Gasteiger partial charge in [-0.25, -0.2) is 0 Å². The van der Waals surface area contributed by atoms with Crippen molar-refractivity contribution in [2.24, 2.45) is 0 Å². The highest BCUT2D eigenvalue weighted by Gasteiger charge is 2.28. The second-order valence-electron chi connectivity index (χ2n) is 4.12. The summed E-state index contributed by atoms with van der Waals surface area (Å²) in [5.41, 5.74) is 0.616. The highest BCUT2D eigenvalue weighted by molar-refractivity contribution is 5.89. The van der Waals surface area contributed by atoms with Gasteiger partial charge in [0.15, 0.2) is 0 Å². The Morgan fingerprint density at radius 2 is 1.93 bits per heavy atom. The minimum absolute atomic E-state index is 0.201. The van der Waals surface area contributed by atoms with Gasteiger partial charge in [0, 0.05) is 18.3 Å². The molecule has 1 aromatic rings. The van der Waals surface area contributed by atoms with Gasteiger partial charge >= 0.3 is 0 Å². The molecule has 1 aromatic carbocycles. The van der Waals surface area contributed by atoms with Gasteiger partial charge in [0.2, 0.25) is 0 Å². The average molecular weight is 200 g/mol. The Balaban J connectivity index is 2.84. The number of hydrogen-bond acceptors (Lipinski definition) is 1. The van der Waals surface area contributed by atoms with Crippen LogP contribution in [0.2, 0.25) is 0 Å². The van der Waals surface area contributed by atoms with Gasteiger partial charge in [-0.1, -0.05) is 30.3 Å². The van der Waals surface area contributed by atoms with E-state index in [-0.39, 0.29) is 5.78 Å². The molecule has 0 N–H and O–H groups in total. The zero-order valence-corrected chi connectivity index (χ0v) is 9.29. The molecule has 0 radical (unpaired) electrons. The summed E-state index contributed by atoms with van der Waals surface area (Å²) in [4.78, 5) is 11.9. The summed E-state index contributed by atoms with van der Waals surface area (Å²) < 4.78 is 0. The Labute approximate surface area is 91.5 Å². The van der Waals surface area contributed by atoms with E-state index in [1.54, 1.807) is 0 Å². The van der Waals surface area contributed by atoms with Crippen LogP contribution in [0.1, 0.15) is 32.3 Å². The fourth-order valence-corrected chi connectivity index (χ4v) is 1.51. The van der Waals surface area contributed by atoms with Gasteiger partial charge in [-0.15, -0.1) is 12.3 Å². The molecule has 0 bridgehead atoms. The summed E-state index contributed by atoms with van der Waals surface area (Å²) in [6.45, 7) is 3.89. The van der Waals surface area contributed by atoms with Crippen LogP contribution in [0.5, 0.6) is 0 Å². The van der Waals surface area contributed by atoms with E-state index in [1.165, 1.54) is 0 Å². The molecular formula is C14H16O. The van der Waals surface area contributed by atoms with Crippen molar-refractivity contribution in [1.82, 2.24) is 0 Å². The predicted molar refractivity (Wildman–Crippen MR) is 62.5 cm³/mol. The Bertz CT molecular complexity index is 368. The highest BCUT2D eigenvalue weighted by Crippen LogP contribution is 2.25. The van der Waals surface area contributed by atoms with Crippen LogP contribution in [0, 0.1) is 12.3 Å². The van der Waals surface area contributed by atoms with Crippen LogP contribution >= 0.6 is 0 Å². The van der Waals surface area contributed by atoms with Crippen molar-refractivity contribution >= 4 is 5.78 Å². The highest BCUT2D eigenvalue weighted by atomic mass is 16.1. The fraction of sp³-hybridized carbons (Fsp3) is 0.357. The SMILES string of the molecule is C#CCCC(=O)C(C)(C)c1ccccc1. The predicted octanol–water partition coefficient (Wildman–Crippen LogP) is 2.95. The maximum atomic E-state index is 11.9. The van der Waals surface area contributed by atoms with Crippen molar-refractivity contribution in [1.29, 1.82) is 0 Å². The molecule has 0 unspecified atom stereocenters. The van der Waals surface area contributed by atoms with Gasteiger partial charge < -0.3 is 0 Å². The third kappa shape index (κ3) is 2.70. The number of carbonyl (C=O) groups is 1. The van der Waals surface area contributed by atoms with E-state index in [0.717, 1.165) is 5.56 Å². The van der Waals surface area contributed by atoms with Gasteiger partial charge in [-0.05, 0) is 19.4 Å². The first-order valence-electron chi connectivity index (χ1n) is 5.11. The number of rotatable bonds is 4. The third-order valence-corrected chi connectivity index (χ3v) is 2.69. The van der Waals surface area contributed by atoms with Crippen molar-refractivity contribution in [3.8, 4) is 12.3 Å². The molecule has 0 aliphatic rings. The Morgan fingerprint density at radius 3 is 2.47 bits per heavy atom. The second kappa shape index (κ2) is 4.79. The molecule has 0 spiro atoms. The third-order valence-electron chi connectivity index (χ3n) is 2.69. The van der Waals surface area contributed by atoms with Crippen LogP contribution in [0.15, 0.2) is 30.3 Å². The topological polar surface area (TPSA) is 17.1 Å². The van der Waals surface area contributed by atoms with E-state index in [9.17, 15) is 4.79 Å². The average Bonchev–Trinajstić information content (AvgIpc) is 2.27. The first-order chi connectivity index (χ1) is 7.09. The number of hydrogen-bond donors (Lipinski definition) is 0. The molecule has 78 valence electrons. The molecule has 1 heteroatoms. The van der Waals surface area contributed by atoms with Crippen molar-refractivity contribution in [2.45, 2.75) is 32.1 Å². The van der Waals surface area contributed by atoms with Crippen molar-refractivity contribution in [2.75, 3.05) is 0 Å². The van der Waals surface area contributed by atoms with Crippen LogP contribution < -0.4 is 0 Å². The monoisotopic (exact) mass is 200 g/mol. The first kappa shape index (κ1) is 11.5. The van der Waals surface area contributed by atoms with E-state index >= 15 is 0 Å². The molecule has 1 nitrogen and oxygen atoms in total. The molecule has 0 amide bonds. The zero-order chi connectivity index (χ0) is 11.3. The van der Waals surface area contributed by atoms with E-state index in [0.29, 0.717) is 12.8 Å². The minimum atomic E-state index is -0.432. The van der Waals surface area contributed by atoms with E-state index in [2.05, 4.69) is 5.92 Å². The summed E-state index contributed by atoms with van der Waals surface area (Å²) in [5, 5.41) is 0. The van der Waals surface area contributed by atoms with Crippen LogP contribution in [-0.4, -0.2) is 5.78 Å². The molecule has 0 fully saturated rings. The molecule has 15 heavy (non-hydrogen) atoms. The maximum absolute atomic E-state index is 11.9. The quantitative estimate of drug-likeness (QED) is 0.683. The molecule has 0 atom stereocenters. The molecule has 0 aliphatic carbocycles. The van der Waals surface area contributed by atoms with Crippen molar-refractivity contribution in [3.63, 3.8) is 0 Å². The lowest BCUT2D eigenvalue weighted by atomic mass is 9.79. The van der Waals surface area contributed by atoms with Gasteiger partial charge in [0.05, 0.1) is 0 Å². The summed E-state index contributed by atoms with van der Waals surface area (Å²) in [7, 11) is 0. The van der Waals surface area contributed by atoms with Crippen LogP contribution in [-0.2, 0) is 10.2 Å². The van der Waals surface area contributed by atoms with Crippen LogP contribution in [0.25, 0.3) is 0 Å². The summed E-state index contributed by atoms with van der Waals surface area (Å²) in [5.74, 6) is 2.70. The van der Waals surface area contributed by atoms with E-state index in [4.69, 9.17) is 6.42 Å². The molecule has 0 aromatic heterocycles.